The molecule has 4 rings (SSSR count). The number of carbonyl (C=O) groups excluding carboxylic acids is 1. The van der Waals surface area contributed by atoms with E-state index in [0.717, 1.165) is 28.1 Å². The van der Waals surface area contributed by atoms with Crippen LogP contribution in [-0.2, 0) is 22.4 Å². The fourth-order valence-electron chi connectivity index (χ4n) is 4.38. The van der Waals surface area contributed by atoms with Crippen molar-refractivity contribution in [1.82, 2.24) is 9.88 Å². The van der Waals surface area contributed by atoms with Gasteiger partial charge in [0.05, 0.1) is 12.3 Å². The number of benzene rings is 2. The summed E-state index contributed by atoms with van der Waals surface area (Å²) in [6, 6.07) is 12.3. The van der Waals surface area contributed by atoms with Gasteiger partial charge < -0.3 is 24.9 Å². The molecule has 0 spiro atoms. The Morgan fingerprint density at radius 1 is 1.17 bits per heavy atom. The maximum atomic E-state index is 12.7. The van der Waals surface area contributed by atoms with E-state index in [2.05, 4.69) is 4.98 Å². The molecule has 0 saturated heterocycles. The van der Waals surface area contributed by atoms with E-state index in [-0.39, 0.29) is 11.4 Å². The molecule has 1 amide bonds. The number of carbonyl (C=O) groups is 2. The van der Waals surface area contributed by atoms with Crippen LogP contribution in [0.1, 0.15) is 61.9 Å². The Hall–Kier alpha value is -4.17. The van der Waals surface area contributed by atoms with E-state index in [0.29, 0.717) is 43.2 Å². The summed E-state index contributed by atoms with van der Waals surface area (Å²) in [5.74, 6) is 0.491. The van der Waals surface area contributed by atoms with E-state index in [1.807, 2.05) is 77.9 Å². The molecule has 1 aliphatic heterocycles. The molecule has 3 N–H and O–H groups in total. The lowest BCUT2D eigenvalue weighted by Crippen LogP contribution is -2.42. The Labute approximate surface area is 242 Å². The molecular weight excluding hydrogens is 518 g/mol. The number of ether oxygens (including phenoxy) is 1. The van der Waals surface area contributed by atoms with E-state index in [1.54, 1.807) is 24.3 Å². The number of nitrogens with zero attached hydrogens (tertiary/aromatic N) is 2. The van der Waals surface area contributed by atoms with Crippen LogP contribution in [0.4, 0.5) is 0 Å². The van der Waals surface area contributed by atoms with E-state index >= 15 is 0 Å². The van der Waals surface area contributed by atoms with Gasteiger partial charge in [-0.1, -0.05) is 42.5 Å². The number of hydrogen-bond donors (Lipinski definition) is 2. The van der Waals surface area contributed by atoms with Gasteiger partial charge in [-0.25, -0.2) is 9.78 Å². The zero-order chi connectivity index (χ0) is 30.2. The molecule has 1 unspecified atom stereocenters. The molecule has 8 heteroatoms. The van der Waals surface area contributed by atoms with Gasteiger partial charge in [0.15, 0.2) is 6.04 Å². The summed E-state index contributed by atoms with van der Waals surface area (Å²) in [5, 5.41) is 9.95. The molecule has 0 fully saturated rings. The highest BCUT2D eigenvalue weighted by molar-refractivity contribution is 5.92. The predicted octanol–water partition coefficient (Wildman–Crippen LogP) is 5.97. The molecule has 1 aliphatic rings. The second-order valence-corrected chi connectivity index (χ2v) is 11.1. The number of allylic oxidation sites excluding steroid dienone is 3. The molecular formula is C33H41N3O5. The largest absolute Gasteiger partial charge is 0.493 e. The number of fused-ring (bicyclic) bond motifs is 1. The number of amides is 1. The van der Waals surface area contributed by atoms with Crippen molar-refractivity contribution in [3.05, 3.63) is 94.9 Å². The van der Waals surface area contributed by atoms with Crippen molar-refractivity contribution in [3.63, 3.8) is 0 Å². The van der Waals surface area contributed by atoms with E-state index < -0.39 is 12.0 Å². The predicted molar refractivity (Wildman–Crippen MR) is 161 cm³/mol. The third kappa shape index (κ3) is 8.91. The van der Waals surface area contributed by atoms with Gasteiger partial charge in [-0.3, -0.25) is 4.79 Å². The van der Waals surface area contributed by atoms with Crippen LogP contribution in [-0.4, -0.2) is 45.6 Å². The van der Waals surface area contributed by atoms with Crippen LogP contribution < -0.4 is 10.5 Å². The van der Waals surface area contributed by atoms with Gasteiger partial charge in [-0.15, -0.1) is 0 Å². The first-order chi connectivity index (χ1) is 19.4. The normalized spacial score (nSPS) is 15.0. The van der Waals surface area contributed by atoms with E-state index in [9.17, 15) is 14.7 Å². The highest BCUT2D eigenvalue weighted by Gasteiger charge is 2.35. The minimum Gasteiger partial charge on any atom is -0.493 e. The highest BCUT2D eigenvalue weighted by atomic mass is 16.5. The van der Waals surface area contributed by atoms with Crippen LogP contribution in [0.5, 0.6) is 5.75 Å². The second-order valence-electron chi connectivity index (χ2n) is 11.1. The number of rotatable bonds is 8. The second kappa shape index (κ2) is 13.9. The van der Waals surface area contributed by atoms with Gasteiger partial charge in [-0.2, -0.15) is 0 Å². The molecule has 1 aromatic heterocycles. The lowest BCUT2D eigenvalue weighted by atomic mass is 9.92. The summed E-state index contributed by atoms with van der Waals surface area (Å²) in [5.41, 5.74) is 9.71. The summed E-state index contributed by atoms with van der Waals surface area (Å²) in [4.78, 5) is 30.9. The minimum absolute atomic E-state index is 0. The lowest BCUT2D eigenvalue weighted by molar-refractivity contribution is -0.149. The van der Waals surface area contributed by atoms with E-state index in [4.69, 9.17) is 14.9 Å². The third-order valence-corrected chi connectivity index (χ3v) is 6.28. The van der Waals surface area contributed by atoms with Crippen LogP contribution in [0.25, 0.3) is 11.5 Å². The topological polar surface area (TPSA) is 119 Å². The quantitative estimate of drug-likeness (QED) is 0.258. The van der Waals surface area contributed by atoms with Gasteiger partial charge >= 0.3 is 5.97 Å². The van der Waals surface area contributed by atoms with Crippen LogP contribution in [0.2, 0.25) is 0 Å². The number of carboxylic acid groups (broad SMARTS) is 1. The van der Waals surface area contributed by atoms with Gasteiger partial charge in [0.1, 0.15) is 11.5 Å². The molecule has 2 heterocycles. The third-order valence-electron chi connectivity index (χ3n) is 6.28. The van der Waals surface area contributed by atoms with Crippen LogP contribution in [0, 0.1) is 13.8 Å². The first-order valence-corrected chi connectivity index (χ1v) is 13.8. The average Bonchev–Trinajstić information content (AvgIpc) is 3.27. The lowest BCUT2D eigenvalue weighted by Gasteiger charge is -2.34. The number of carboxylic acids is 1. The Balaban J connectivity index is 0.000000850. The van der Waals surface area contributed by atoms with Gasteiger partial charge in [0.2, 0.25) is 11.8 Å². The maximum Gasteiger partial charge on any atom is 0.331 e. The number of aryl methyl sites for hydroxylation is 2. The van der Waals surface area contributed by atoms with E-state index in [1.165, 1.54) is 11.0 Å². The molecule has 8 nitrogen and oxygen atoms in total. The molecule has 0 radical (unpaired) electrons. The molecule has 0 bridgehead atoms. The van der Waals surface area contributed by atoms with Crippen molar-refractivity contribution < 1.29 is 23.8 Å². The summed E-state index contributed by atoms with van der Waals surface area (Å²) < 4.78 is 11.9. The van der Waals surface area contributed by atoms with Crippen molar-refractivity contribution in [2.75, 3.05) is 13.2 Å². The number of hydrogen-bond acceptors (Lipinski definition) is 6. The van der Waals surface area contributed by atoms with Crippen molar-refractivity contribution in [2.24, 2.45) is 5.73 Å². The Morgan fingerprint density at radius 3 is 2.54 bits per heavy atom. The number of nitrogens with two attached hydrogens (primary N) is 1. The monoisotopic (exact) mass is 559 g/mol. The summed E-state index contributed by atoms with van der Waals surface area (Å²) in [7, 11) is 0. The van der Waals surface area contributed by atoms with Crippen molar-refractivity contribution in [1.29, 1.82) is 0 Å². The van der Waals surface area contributed by atoms with Crippen LogP contribution in [0.3, 0.4) is 0 Å². The zero-order valence-corrected chi connectivity index (χ0v) is 24.8. The molecule has 218 valence electrons. The molecule has 0 saturated carbocycles. The number of aliphatic carboxylic acids is 1. The van der Waals surface area contributed by atoms with Crippen LogP contribution >= 0.6 is 0 Å². The first kappa shape index (κ1) is 31.4. The number of oxazole rings is 1. The van der Waals surface area contributed by atoms with Gasteiger partial charge in [0.25, 0.3) is 0 Å². The number of aromatic nitrogens is 1. The van der Waals surface area contributed by atoms with Crippen molar-refractivity contribution >= 4 is 11.9 Å². The zero-order valence-electron chi connectivity index (χ0n) is 24.8. The molecule has 2 aromatic carbocycles. The van der Waals surface area contributed by atoms with Crippen LogP contribution in [0.15, 0.2) is 71.2 Å². The Kier molecular flexibility index (Phi) is 10.7. The van der Waals surface area contributed by atoms with Gasteiger partial charge in [0, 0.05) is 30.1 Å². The molecule has 1 atom stereocenters. The Morgan fingerprint density at radius 2 is 1.88 bits per heavy atom. The van der Waals surface area contributed by atoms with Crippen molar-refractivity contribution in [3.8, 4) is 17.2 Å². The fraction of sp³-hybridized carbons (Fsp3) is 0.364. The highest BCUT2D eigenvalue weighted by Crippen LogP contribution is 2.33. The van der Waals surface area contributed by atoms with Crippen molar-refractivity contribution in [2.45, 2.75) is 66.0 Å². The minimum atomic E-state index is -1.07. The SMILES string of the molecule is CC(C)(C)N.CC=CC=CC(=O)N1CCc2ccc(OCCc3nc(-c4ccccc4C)oc3C)cc2C1C(=O)O. The fourth-order valence-corrected chi connectivity index (χ4v) is 4.38. The smallest absolute Gasteiger partial charge is 0.331 e. The molecule has 3 aromatic rings. The maximum absolute atomic E-state index is 12.7. The first-order valence-electron chi connectivity index (χ1n) is 13.8. The Bertz CT molecular complexity index is 1410. The van der Waals surface area contributed by atoms with Gasteiger partial charge in [-0.05, 0) is 82.9 Å². The summed E-state index contributed by atoms with van der Waals surface area (Å²) >= 11 is 0. The molecule has 0 aliphatic carbocycles. The average molecular weight is 560 g/mol. The summed E-state index contributed by atoms with van der Waals surface area (Å²) in [6.45, 7) is 12.3. The summed E-state index contributed by atoms with van der Waals surface area (Å²) in [6.07, 6.45) is 7.68. The standard InChI is InChI=1S/C29H30N2O5.C4H11N/c1-4-5-6-11-26(32)31-16-14-21-12-13-22(18-24(21)27(31)29(33)34)35-17-15-25-20(3)36-28(30-25)23-10-8-7-9-19(23)2;1-4(2,3)5/h4-13,18,27H,14-17H2,1-3H3,(H,33,34);5H2,1-3H3. The molecule has 41 heavy (non-hydrogen) atoms.